The first kappa shape index (κ1) is 43.9. The zero-order valence-corrected chi connectivity index (χ0v) is 29.8. The Bertz CT molecular complexity index is 655. The highest BCUT2D eigenvalue weighted by Gasteiger charge is 2.26. The fraction of sp³-hybridized carbons (Fsp3) is 0.947. The fourth-order valence-electron chi connectivity index (χ4n) is 6.02. The molecular weight excluding hydrogens is 575 g/mol. The lowest BCUT2D eigenvalue weighted by Gasteiger charge is -2.22. The second-order valence-electron chi connectivity index (χ2n) is 13.5. The van der Waals surface area contributed by atoms with E-state index in [4.69, 9.17) is 4.74 Å². The highest BCUT2D eigenvalue weighted by molar-refractivity contribution is 5.75. The van der Waals surface area contributed by atoms with Gasteiger partial charge < -0.3 is 14.4 Å². The van der Waals surface area contributed by atoms with Crippen molar-refractivity contribution >= 4 is 11.8 Å². The number of ether oxygens (including phenoxy) is 1. The molecule has 0 aromatic carbocycles. The SMILES string of the molecule is CCCCCCCCC(CCCCCCCC)OC(=O)CCCCCCCN(CCCCCCCC(C)=O)CCCC(F)(F)F. The third kappa shape index (κ3) is 34.1. The van der Waals surface area contributed by atoms with Crippen LogP contribution in [0, 0.1) is 0 Å². The average molecular weight is 648 g/mol. The van der Waals surface area contributed by atoms with Crippen molar-refractivity contribution in [1.29, 1.82) is 0 Å². The molecule has 0 bridgehead atoms. The topological polar surface area (TPSA) is 46.6 Å². The van der Waals surface area contributed by atoms with Gasteiger partial charge in [-0.3, -0.25) is 4.79 Å². The number of rotatable bonds is 34. The Balaban J connectivity index is 4.28. The lowest BCUT2D eigenvalue weighted by Crippen LogP contribution is -2.28. The van der Waals surface area contributed by atoms with Gasteiger partial charge in [-0.1, -0.05) is 117 Å². The van der Waals surface area contributed by atoms with Crippen LogP contribution in [0.25, 0.3) is 0 Å². The summed E-state index contributed by atoms with van der Waals surface area (Å²) in [6.45, 7) is 8.27. The Morgan fingerprint density at radius 1 is 0.556 bits per heavy atom. The zero-order chi connectivity index (χ0) is 33.4. The fourth-order valence-corrected chi connectivity index (χ4v) is 6.02. The van der Waals surface area contributed by atoms with Crippen LogP contribution in [0.5, 0.6) is 0 Å². The number of esters is 1. The maximum Gasteiger partial charge on any atom is 0.389 e. The molecule has 0 saturated heterocycles. The Kier molecular flexibility index (Phi) is 30.7. The normalized spacial score (nSPS) is 12.0. The highest BCUT2D eigenvalue weighted by Crippen LogP contribution is 2.22. The van der Waals surface area contributed by atoms with E-state index in [-0.39, 0.29) is 24.3 Å². The lowest BCUT2D eigenvalue weighted by molar-refractivity contribution is -0.150. The van der Waals surface area contributed by atoms with E-state index in [2.05, 4.69) is 18.7 Å². The molecule has 0 aromatic rings. The minimum Gasteiger partial charge on any atom is -0.462 e. The molecule has 0 spiro atoms. The lowest BCUT2D eigenvalue weighted by atomic mass is 10.0. The molecule has 0 aliphatic carbocycles. The molecule has 0 aromatic heterocycles. The van der Waals surface area contributed by atoms with Crippen molar-refractivity contribution in [2.24, 2.45) is 0 Å². The van der Waals surface area contributed by atoms with Crippen molar-refractivity contribution in [2.75, 3.05) is 19.6 Å². The van der Waals surface area contributed by atoms with Crippen LogP contribution in [0.15, 0.2) is 0 Å². The number of halogens is 3. The standard InChI is InChI=1S/C38H72F3NO3/c1-4-6-8-10-15-21-28-36(29-22-16-11-9-7-5-2)45-37(44)30-23-17-13-19-25-33-42(34-26-31-38(39,40)41)32-24-18-12-14-20-27-35(3)43/h36H,4-34H2,1-3H3. The van der Waals surface area contributed by atoms with E-state index in [0.717, 1.165) is 103 Å². The maximum absolute atomic E-state index is 12.7. The summed E-state index contributed by atoms with van der Waals surface area (Å²) in [6, 6.07) is 0. The molecule has 0 amide bonds. The summed E-state index contributed by atoms with van der Waals surface area (Å²) in [5.41, 5.74) is 0. The van der Waals surface area contributed by atoms with Crippen molar-refractivity contribution in [3.8, 4) is 0 Å². The minimum atomic E-state index is -4.09. The number of carbonyl (C=O) groups excluding carboxylic acids is 2. The van der Waals surface area contributed by atoms with Crippen molar-refractivity contribution in [1.82, 2.24) is 4.90 Å². The molecule has 268 valence electrons. The van der Waals surface area contributed by atoms with Crippen molar-refractivity contribution in [3.63, 3.8) is 0 Å². The van der Waals surface area contributed by atoms with E-state index in [0.29, 0.717) is 19.4 Å². The van der Waals surface area contributed by atoms with Crippen LogP contribution < -0.4 is 0 Å². The van der Waals surface area contributed by atoms with E-state index in [1.54, 1.807) is 6.92 Å². The van der Waals surface area contributed by atoms with Crippen LogP contribution in [0.1, 0.15) is 201 Å². The number of alkyl halides is 3. The Morgan fingerprint density at radius 2 is 0.956 bits per heavy atom. The van der Waals surface area contributed by atoms with Crippen LogP contribution in [0.3, 0.4) is 0 Å². The highest BCUT2D eigenvalue weighted by atomic mass is 19.4. The van der Waals surface area contributed by atoms with Gasteiger partial charge >= 0.3 is 12.1 Å². The molecule has 0 radical (unpaired) electrons. The van der Waals surface area contributed by atoms with Crippen LogP contribution in [-0.4, -0.2) is 48.6 Å². The first-order chi connectivity index (χ1) is 21.7. The molecule has 7 heteroatoms. The molecule has 0 rings (SSSR count). The van der Waals surface area contributed by atoms with E-state index >= 15 is 0 Å². The van der Waals surface area contributed by atoms with Gasteiger partial charge in [-0.25, -0.2) is 0 Å². The summed E-state index contributed by atoms with van der Waals surface area (Å²) < 4.78 is 44.0. The van der Waals surface area contributed by atoms with Crippen LogP contribution in [0.2, 0.25) is 0 Å². The third-order valence-corrected chi connectivity index (χ3v) is 8.85. The molecule has 0 aliphatic rings. The van der Waals surface area contributed by atoms with E-state index in [1.807, 2.05) is 0 Å². The molecule has 0 heterocycles. The summed E-state index contributed by atoms with van der Waals surface area (Å²) in [5.74, 6) is 0.186. The molecule has 0 N–H and O–H groups in total. The van der Waals surface area contributed by atoms with Gasteiger partial charge in [0.1, 0.15) is 11.9 Å². The van der Waals surface area contributed by atoms with Crippen molar-refractivity contribution in [3.05, 3.63) is 0 Å². The minimum absolute atomic E-state index is 0.0471. The number of hydrogen-bond donors (Lipinski definition) is 0. The summed E-state index contributed by atoms with van der Waals surface area (Å²) in [5, 5.41) is 0. The molecule has 0 aliphatic heterocycles. The Hall–Kier alpha value is -1.11. The number of carbonyl (C=O) groups is 2. The number of nitrogens with zero attached hydrogens (tertiary/aromatic N) is 1. The van der Waals surface area contributed by atoms with Crippen LogP contribution in [0.4, 0.5) is 13.2 Å². The number of unbranched alkanes of at least 4 members (excludes halogenated alkanes) is 18. The van der Waals surface area contributed by atoms with Gasteiger partial charge in [0.15, 0.2) is 0 Å². The molecular formula is C38H72F3NO3. The average Bonchev–Trinajstić information content (AvgIpc) is 2.98. The second-order valence-corrected chi connectivity index (χ2v) is 13.5. The predicted molar refractivity (Wildman–Crippen MR) is 184 cm³/mol. The molecule has 0 fully saturated rings. The van der Waals surface area contributed by atoms with Gasteiger partial charge in [0, 0.05) is 19.3 Å². The van der Waals surface area contributed by atoms with Crippen LogP contribution in [-0.2, 0) is 14.3 Å². The smallest absolute Gasteiger partial charge is 0.389 e. The van der Waals surface area contributed by atoms with Crippen LogP contribution >= 0.6 is 0 Å². The summed E-state index contributed by atoms with van der Waals surface area (Å²) >= 11 is 0. The quantitative estimate of drug-likeness (QED) is 0.0515. The molecule has 4 nitrogen and oxygen atoms in total. The van der Waals surface area contributed by atoms with Gasteiger partial charge in [-0.05, 0) is 84.3 Å². The summed E-state index contributed by atoms with van der Waals surface area (Å²) in [6.07, 6.45) is 23.6. The van der Waals surface area contributed by atoms with Gasteiger partial charge in [0.2, 0.25) is 0 Å². The number of Topliss-reactive ketones (excluding diaryl/α,β-unsaturated/α-hetero) is 1. The van der Waals surface area contributed by atoms with Gasteiger partial charge in [-0.2, -0.15) is 13.2 Å². The number of hydrogen-bond acceptors (Lipinski definition) is 4. The Labute approximate surface area is 276 Å². The second kappa shape index (κ2) is 31.5. The summed E-state index contributed by atoms with van der Waals surface area (Å²) in [7, 11) is 0. The van der Waals surface area contributed by atoms with Gasteiger partial charge in [0.25, 0.3) is 0 Å². The Morgan fingerprint density at radius 3 is 1.42 bits per heavy atom. The third-order valence-electron chi connectivity index (χ3n) is 8.85. The molecule has 0 atom stereocenters. The zero-order valence-electron chi connectivity index (χ0n) is 29.8. The van der Waals surface area contributed by atoms with Gasteiger partial charge in [-0.15, -0.1) is 0 Å². The maximum atomic E-state index is 12.7. The van der Waals surface area contributed by atoms with E-state index in [1.165, 1.54) is 64.2 Å². The number of ketones is 1. The van der Waals surface area contributed by atoms with Gasteiger partial charge in [0.05, 0.1) is 0 Å². The molecule has 45 heavy (non-hydrogen) atoms. The van der Waals surface area contributed by atoms with E-state index < -0.39 is 12.6 Å². The van der Waals surface area contributed by atoms with Crippen molar-refractivity contribution < 1.29 is 27.5 Å². The summed E-state index contributed by atoms with van der Waals surface area (Å²) in [4.78, 5) is 25.9. The first-order valence-corrected chi connectivity index (χ1v) is 19.2. The first-order valence-electron chi connectivity index (χ1n) is 19.2. The van der Waals surface area contributed by atoms with Crippen molar-refractivity contribution in [2.45, 2.75) is 213 Å². The largest absolute Gasteiger partial charge is 0.462 e. The monoisotopic (exact) mass is 648 g/mol. The predicted octanol–water partition coefficient (Wildman–Crippen LogP) is 12.3. The molecule has 0 saturated carbocycles. The molecule has 0 unspecified atom stereocenters. The van der Waals surface area contributed by atoms with E-state index in [9.17, 15) is 22.8 Å².